The van der Waals surface area contributed by atoms with Crippen LogP contribution in [0.15, 0.2) is 54.6 Å². The molecule has 0 aliphatic carbocycles. The number of hydrogen-bond acceptors (Lipinski definition) is 5. The first-order chi connectivity index (χ1) is 13.1. The molecule has 0 spiro atoms. The van der Waals surface area contributed by atoms with Crippen LogP contribution < -0.4 is 10.6 Å². The van der Waals surface area contributed by atoms with Gasteiger partial charge in [0.2, 0.25) is 0 Å². The van der Waals surface area contributed by atoms with E-state index < -0.39 is 11.0 Å². The lowest BCUT2D eigenvalue weighted by atomic mass is 10.0. The Hall–Kier alpha value is -2.97. The van der Waals surface area contributed by atoms with E-state index >= 15 is 0 Å². The number of hydrogen-bond donors (Lipinski definition) is 2. The second-order valence-electron chi connectivity index (χ2n) is 6.18. The van der Waals surface area contributed by atoms with Crippen LogP contribution in [-0.2, 0) is 4.74 Å². The lowest BCUT2D eigenvalue weighted by Gasteiger charge is -2.34. The molecule has 0 bridgehead atoms. The maximum absolute atomic E-state index is 12.3. The third-order valence-electron chi connectivity index (χ3n) is 4.48. The number of morpholine rings is 1. The van der Waals surface area contributed by atoms with Crippen LogP contribution in [0.25, 0.3) is 0 Å². The van der Waals surface area contributed by atoms with Crippen molar-refractivity contribution in [2.24, 2.45) is 0 Å². The molecular weight excluding hydrogens is 348 g/mol. The van der Waals surface area contributed by atoms with E-state index in [0.29, 0.717) is 19.8 Å². The Morgan fingerprint density at radius 2 is 1.78 bits per heavy atom. The van der Waals surface area contributed by atoms with Crippen molar-refractivity contribution in [3.05, 3.63) is 70.3 Å². The lowest BCUT2D eigenvalue weighted by molar-refractivity contribution is -0.383. The molecule has 1 saturated heterocycles. The molecule has 2 N–H and O–H groups in total. The molecule has 1 fully saturated rings. The van der Waals surface area contributed by atoms with E-state index in [1.54, 1.807) is 12.1 Å². The number of carbonyl (C=O) groups is 1. The normalized spacial score (nSPS) is 15.7. The number of ether oxygens (including phenoxy) is 1. The zero-order valence-corrected chi connectivity index (χ0v) is 14.8. The smallest absolute Gasteiger partial charge is 0.319 e. The third kappa shape index (κ3) is 5.02. The summed E-state index contributed by atoms with van der Waals surface area (Å²) in [5.41, 5.74) is 1.13. The van der Waals surface area contributed by atoms with Gasteiger partial charge in [-0.25, -0.2) is 4.79 Å². The zero-order valence-electron chi connectivity index (χ0n) is 14.8. The Bertz CT molecular complexity index is 778. The topological polar surface area (TPSA) is 96.7 Å². The molecule has 1 aliphatic rings. The molecule has 2 aromatic carbocycles. The minimum absolute atomic E-state index is 0.00612. The molecule has 27 heavy (non-hydrogen) atoms. The van der Waals surface area contributed by atoms with Gasteiger partial charge in [0.25, 0.3) is 5.69 Å². The highest BCUT2D eigenvalue weighted by Crippen LogP contribution is 2.24. The number of nitro benzene ring substituents is 1. The Morgan fingerprint density at radius 1 is 1.11 bits per heavy atom. The summed E-state index contributed by atoms with van der Waals surface area (Å²) < 4.78 is 5.42. The minimum atomic E-state index is -0.518. The Kier molecular flexibility index (Phi) is 6.35. The minimum Gasteiger partial charge on any atom is -0.379 e. The van der Waals surface area contributed by atoms with Crippen molar-refractivity contribution in [3.63, 3.8) is 0 Å². The van der Waals surface area contributed by atoms with Gasteiger partial charge < -0.3 is 15.4 Å². The molecule has 2 amide bonds. The third-order valence-corrected chi connectivity index (χ3v) is 4.48. The number of amides is 2. The van der Waals surface area contributed by atoms with E-state index in [2.05, 4.69) is 15.5 Å². The average Bonchev–Trinajstić information content (AvgIpc) is 2.70. The number of benzene rings is 2. The summed E-state index contributed by atoms with van der Waals surface area (Å²) in [6, 6.07) is 15.5. The van der Waals surface area contributed by atoms with Crippen molar-refractivity contribution in [2.75, 3.05) is 38.2 Å². The molecule has 3 rings (SSSR count). The van der Waals surface area contributed by atoms with Crippen molar-refractivity contribution < 1.29 is 14.5 Å². The van der Waals surface area contributed by atoms with Crippen molar-refractivity contribution in [1.29, 1.82) is 0 Å². The van der Waals surface area contributed by atoms with Crippen LogP contribution in [0.5, 0.6) is 0 Å². The van der Waals surface area contributed by atoms with Crippen LogP contribution in [0, 0.1) is 10.1 Å². The molecule has 1 heterocycles. The zero-order chi connectivity index (χ0) is 19.1. The fourth-order valence-corrected chi connectivity index (χ4v) is 3.12. The lowest BCUT2D eigenvalue weighted by Crippen LogP contribution is -2.44. The molecule has 8 heteroatoms. The number of urea groups is 1. The summed E-state index contributed by atoms with van der Waals surface area (Å²) in [7, 11) is 0. The average molecular weight is 370 g/mol. The van der Waals surface area contributed by atoms with Crippen LogP contribution in [0.3, 0.4) is 0 Å². The number of anilines is 1. The maximum atomic E-state index is 12.3. The Labute approximate surface area is 157 Å². The van der Waals surface area contributed by atoms with Crippen molar-refractivity contribution in [3.8, 4) is 0 Å². The quantitative estimate of drug-likeness (QED) is 0.602. The van der Waals surface area contributed by atoms with Crippen molar-refractivity contribution >= 4 is 17.4 Å². The van der Waals surface area contributed by atoms with Crippen molar-refractivity contribution in [1.82, 2.24) is 10.2 Å². The molecule has 1 atom stereocenters. The molecule has 0 aromatic heterocycles. The van der Waals surface area contributed by atoms with Gasteiger partial charge in [-0.2, -0.15) is 0 Å². The van der Waals surface area contributed by atoms with Crippen LogP contribution in [0.1, 0.15) is 11.6 Å². The highest BCUT2D eigenvalue weighted by molar-refractivity contribution is 5.91. The summed E-state index contributed by atoms with van der Waals surface area (Å²) in [6.45, 7) is 3.27. The number of nitrogens with one attached hydrogen (secondary N) is 2. The van der Waals surface area contributed by atoms with E-state index in [1.165, 1.54) is 12.1 Å². The van der Waals surface area contributed by atoms with E-state index in [0.717, 1.165) is 18.7 Å². The first-order valence-electron chi connectivity index (χ1n) is 8.80. The van der Waals surface area contributed by atoms with Crippen LogP contribution >= 0.6 is 0 Å². The number of para-hydroxylation sites is 2. The van der Waals surface area contributed by atoms with Gasteiger partial charge in [0.05, 0.1) is 24.2 Å². The molecule has 8 nitrogen and oxygen atoms in total. The monoisotopic (exact) mass is 370 g/mol. The molecule has 142 valence electrons. The van der Waals surface area contributed by atoms with Crippen LogP contribution in [0.2, 0.25) is 0 Å². The molecule has 1 unspecified atom stereocenters. The van der Waals surface area contributed by atoms with Gasteiger partial charge >= 0.3 is 6.03 Å². The number of rotatable bonds is 6. The highest BCUT2D eigenvalue weighted by Gasteiger charge is 2.23. The van der Waals surface area contributed by atoms with Gasteiger partial charge in [0.15, 0.2) is 0 Å². The highest BCUT2D eigenvalue weighted by atomic mass is 16.6. The summed E-state index contributed by atoms with van der Waals surface area (Å²) >= 11 is 0. The first kappa shape index (κ1) is 18.8. The molecular formula is C19H22N4O4. The van der Waals surface area contributed by atoms with Crippen LogP contribution in [-0.4, -0.2) is 48.7 Å². The van der Waals surface area contributed by atoms with Gasteiger partial charge in [-0.3, -0.25) is 15.0 Å². The first-order valence-corrected chi connectivity index (χ1v) is 8.80. The van der Waals surface area contributed by atoms with Crippen LogP contribution in [0.4, 0.5) is 16.2 Å². The number of carbonyl (C=O) groups excluding carboxylic acids is 1. The van der Waals surface area contributed by atoms with E-state index in [4.69, 9.17) is 4.74 Å². The van der Waals surface area contributed by atoms with E-state index in [9.17, 15) is 14.9 Å². The van der Waals surface area contributed by atoms with E-state index in [-0.39, 0.29) is 17.4 Å². The van der Waals surface area contributed by atoms with Gasteiger partial charge in [-0.05, 0) is 11.6 Å². The predicted octanol–water partition coefficient (Wildman–Crippen LogP) is 2.79. The second-order valence-corrected chi connectivity index (χ2v) is 6.18. The Morgan fingerprint density at radius 3 is 2.48 bits per heavy atom. The number of nitro groups is 1. The predicted molar refractivity (Wildman–Crippen MR) is 102 cm³/mol. The Balaban J connectivity index is 1.66. The van der Waals surface area contributed by atoms with Crippen molar-refractivity contribution in [2.45, 2.75) is 6.04 Å². The summed E-state index contributed by atoms with van der Waals surface area (Å²) in [4.78, 5) is 25.1. The number of nitrogens with zero attached hydrogens (tertiary/aromatic N) is 2. The summed E-state index contributed by atoms with van der Waals surface area (Å²) in [5, 5.41) is 16.5. The molecule has 1 aliphatic heterocycles. The fraction of sp³-hybridized carbons (Fsp3) is 0.316. The van der Waals surface area contributed by atoms with Gasteiger partial charge in [-0.15, -0.1) is 0 Å². The molecule has 0 saturated carbocycles. The SMILES string of the molecule is O=C(NCC(c1ccccc1)N1CCOCC1)Nc1ccccc1[N+](=O)[O-]. The van der Waals surface area contributed by atoms with Gasteiger partial charge in [0.1, 0.15) is 5.69 Å². The standard InChI is InChI=1S/C19H22N4O4/c24-19(21-16-8-4-5-9-17(16)23(25)26)20-14-18(15-6-2-1-3-7-15)22-10-12-27-13-11-22/h1-9,18H,10-14H2,(H2,20,21,24). The second kappa shape index (κ2) is 9.11. The molecule has 2 aromatic rings. The summed E-state index contributed by atoms with van der Waals surface area (Å²) in [6.07, 6.45) is 0. The van der Waals surface area contributed by atoms with Gasteiger partial charge in [-0.1, -0.05) is 42.5 Å². The van der Waals surface area contributed by atoms with Gasteiger partial charge in [0, 0.05) is 25.7 Å². The van der Waals surface area contributed by atoms with E-state index in [1.807, 2.05) is 30.3 Å². The molecule has 0 radical (unpaired) electrons. The maximum Gasteiger partial charge on any atom is 0.319 e. The fourth-order valence-electron chi connectivity index (χ4n) is 3.12. The largest absolute Gasteiger partial charge is 0.379 e. The summed E-state index contributed by atoms with van der Waals surface area (Å²) in [5.74, 6) is 0.